The molecule has 0 amide bonds. The maximum atomic E-state index is 4.31. The molecule has 0 aromatic heterocycles. The molecule has 0 aliphatic carbocycles. The molecule has 0 fully saturated rings. The van der Waals surface area contributed by atoms with Gasteiger partial charge >= 0.3 is 30.8 Å². The first-order valence-corrected chi connectivity index (χ1v) is 1.45. The third kappa shape index (κ3) is 2.02. The van der Waals surface area contributed by atoms with Gasteiger partial charge < -0.3 is 0 Å². The summed E-state index contributed by atoms with van der Waals surface area (Å²) in [6, 6.07) is 0. The predicted molar refractivity (Wildman–Crippen MR) is 23.5 cm³/mol. The molecule has 4 heavy (non-hydrogen) atoms. The van der Waals surface area contributed by atoms with E-state index in [1.54, 1.807) is 5.98 Å². The van der Waals surface area contributed by atoms with Gasteiger partial charge in [-0.05, 0) is 0 Å². The van der Waals surface area contributed by atoms with Gasteiger partial charge in [0.25, 0.3) is 0 Å². The average molecular weight is 69.9 g/mol. The fraction of sp³-hybridized carbons (Fsp3) is 0. The van der Waals surface area contributed by atoms with Crippen molar-refractivity contribution in [3.63, 3.8) is 0 Å². The van der Waals surface area contributed by atoms with Gasteiger partial charge in [-0.2, -0.15) is 0 Å². The van der Waals surface area contributed by atoms with E-state index >= 15 is 0 Å². The number of hydrogen-bond acceptors (Lipinski definition) is 1. The van der Waals surface area contributed by atoms with Crippen molar-refractivity contribution < 1.29 is 0 Å². The Hall–Kier alpha value is 0.0249. The van der Waals surface area contributed by atoms with Crippen LogP contribution in [0.5, 0.6) is 0 Å². The van der Waals surface area contributed by atoms with Crippen molar-refractivity contribution in [3.05, 3.63) is 12.6 Å². The van der Waals surface area contributed by atoms with E-state index in [-0.39, 0.29) is 0 Å². The average Bonchev–Trinajstić information content (AvgIpc) is 1.37. The van der Waals surface area contributed by atoms with Gasteiger partial charge in [-0.3, -0.25) is 0 Å². The molecule has 0 aromatic carbocycles. The van der Waals surface area contributed by atoms with E-state index in [2.05, 4.69) is 18.6 Å². The molecule has 0 N–H and O–H groups in total. The van der Waals surface area contributed by atoms with E-state index in [4.69, 9.17) is 0 Å². The zero-order chi connectivity index (χ0) is 3.41. The van der Waals surface area contributed by atoms with Crippen molar-refractivity contribution in [3.8, 4) is 0 Å². The molecule has 0 aromatic rings. The summed E-state index contributed by atoms with van der Waals surface area (Å²) in [6.45, 7) is 3.32. The summed E-state index contributed by atoms with van der Waals surface area (Å²) in [5.41, 5.74) is 0. The topological polar surface area (TPSA) is 0 Å². The first-order valence-electron chi connectivity index (χ1n) is 0.977. The number of rotatable bonds is 1. The fourth-order valence-electron chi connectivity index (χ4n) is 0. The van der Waals surface area contributed by atoms with Crippen LogP contribution in [0.25, 0.3) is 0 Å². The summed E-state index contributed by atoms with van der Waals surface area (Å²) in [4.78, 5) is 0. The Morgan fingerprint density at radius 3 is 2.25 bits per heavy atom. The van der Waals surface area contributed by atoms with Gasteiger partial charge in [0.15, 0.2) is 0 Å². The summed E-state index contributed by atoms with van der Waals surface area (Å²) in [5, 5.41) is 0. The van der Waals surface area contributed by atoms with Crippen molar-refractivity contribution in [2.75, 3.05) is 0 Å². The van der Waals surface area contributed by atoms with Crippen molar-refractivity contribution in [2.24, 2.45) is 0 Å². The van der Waals surface area contributed by atoms with Crippen LogP contribution in [0, 0.1) is 0 Å². The van der Waals surface area contributed by atoms with Crippen molar-refractivity contribution >= 4 is 18.2 Å². The molecule has 20 valence electrons. The summed E-state index contributed by atoms with van der Waals surface area (Å²) >= 11 is 4.31. The third-order valence-corrected chi connectivity index (χ3v) is 0.289. The van der Waals surface area contributed by atoms with E-state index in [1.807, 2.05) is 0 Å². The van der Waals surface area contributed by atoms with Gasteiger partial charge in [0, 0.05) is 0 Å². The van der Waals surface area contributed by atoms with Crippen LogP contribution in [0.1, 0.15) is 0 Å². The van der Waals surface area contributed by atoms with Gasteiger partial charge in [-0.25, -0.2) is 0 Å². The molecule has 2 heteroatoms. The summed E-state index contributed by atoms with van der Waals surface area (Å²) in [7, 11) is 0. The first kappa shape index (κ1) is 4.02. The SMILES string of the molecule is C=CB=S. The molecule has 0 radical (unpaired) electrons. The first-order chi connectivity index (χ1) is 1.91. The van der Waals surface area contributed by atoms with Crippen LogP contribution >= 0.6 is 12.1 Å². The molecule has 0 saturated carbocycles. The van der Waals surface area contributed by atoms with Crippen LogP contribution in [0.4, 0.5) is 0 Å². The molecule has 0 unspecified atom stereocenters. The second kappa shape index (κ2) is 3.02. The molecular formula is C2H3BS. The van der Waals surface area contributed by atoms with E-state index < -0.39 is 0 Å². The maximum absolute atomic E-state index is 4.31. The van der Waals surface area contributed by atoms with Gasteiger partial charge in [-0.15, -0.1) is 0 Å². The van der Waals surface area contributed by atoms with Crippen LogP contribution in [0.2, 0.25) is 0 Å². The zero-order valence-corrected chi connectivity index (χ0v) is 3.09. The molecule has 0 nitrogen and oxygen atoms in total. The molecular weight excluding hydrogens is 66.9 g/mol. The summed E-state index contributed by atoms with van der Waals surface area (Å²) in [5.74, 6) is 1.56. The predicted octanol–water partition coefficient (Wildman–Crippen LogP) is 0.947. The van der Waals surface area contributed by atoms with E-state index in [0.29, 0.717) is 0 Å². The standard InChI is InChI=1S/C2H3BS/c1-2-3-4/h2H,1H2. The molecule has 0 spiro atoms. The van der Waals surface area contributed by atoms with E-state index in [0.717, 1.165) is 0 Å². The van der Waals surface area contributed by atoms with E-state index in [9.17, 15) is 0 Å². The Kier molecular flexibility index (Phi) is 3.04. The second-order valence-electron chi connectivity index (χ2n) is 0.372. The van der Waals surface area contributed by atoms with Gasteiger partial charge in [0.05, 0.1) is 0 Å². The Morgan fingerprint density at radius 2 is 2.25 bits per heavy atom. The van der Waals surface area contributed by atoms with Crippen LogP contribution in [-0.2, 0) is 0 Å². The minimum absolute atomic E-state index is 1.47. The molecule has 0 aliphatic heterocycles. The molecule has 0 saturated heterocycles. The number of hydrogen-bond donors (Lipinski definition) is 0. The zero-order valence-electron chi connectivity index (χ0n) is 2.27. The molecule has 0 bridgehead atoms. The summed E-state index contributed by atoms with van der Waals surface area (Å²) in [6.07, 6.45) is 1.47. The minimum atomic E-state index is 1.47. The summed E-state index contributed by atoms with van der Waals surface area (Å²) < 4.78 is 0. The van der Waals surface area contributed by atoms with Crippen molar-refractivity contribution in [2.45, 2.75) is 0 Å². The van der Waals surface area contributed by atoms with Gasteiger partial charge in [0.1, 0.15) is 0 Å². The Labute approximate surface area is 31.6 Å². The van der Waals surface area contributed by atoms with Crippen LogP contribution in [-0.4, -0.2) is 6.15 Å². The van der Waals surface area contributed by atoms with E-state index in [1.165, 1.54) is 6.15 Å². The normalized spacial score (nSPS) is 4.00. The van der Waals surface area contributed by atoms with Gasteiger partial charge in [0.2, 0.25) is 0 Å². The second-order valence-corrected chi connectivity index (χ2v) is 0.644. The third-order valence-electron chi connectivity index (χ3n) is 0.0962. The molecule has 0 atom stereocenters. The monoisotopic (exact) mass is 70.0 g/mol. The Morgan fingerprint density at radius 1 is 2.00 bits per heavy atom. The fourth-order valence-corrected chi connectivity index (χ4v) is 0. The molecule has 0 heterocycles. The van der Waals surface area contributed by atoms with Crippen molar-refractivity contribution in [1.29, 1.82) is 0 Å². The molecule has 0 aliphatic rings. The quantitative estimate of drug-likeness (QED) is 0.414. The van der Waals surface area contributed by atoms with Crippen LogP contribution in [0.3, 0.4) is 0 Å². The van der Waals surface area contributed by atoms with Crippen LogP contribution in [0.15, 0.2) is 12.6 Å². The molecule has 0 rings (SSSR count). The van der Waals surface area contributed by atoms with Crippen molar-refractivity contribution in [1.82, 2.24) is 0 Å². The Bertz CT molecular complexity index is 27.0. The van der Waals surface area contributed by atoms with Crippen LogP contribution < -0.4 is 0 Å². The van der Waals surface area contributed by atoms with Gasteiger partial charge in [-0.1, -0.05) is 0 Å². The Balaban J connectivity index is 2.73.